The maximum absolute atomic E-state index is 13.2. The third-order valence-corrected chi connectivity index (χ3v) is 5.93. The highest BCUT2D eigenvalue weighted by atomic mass is 19.4. The average molecular weight is 497 g/mol. The van der Waals surface area contributed by atoms with Crippen LogP contribution in [0.5, 0.6) is 11.5 Å². The van der Waals surface area contributed by atoms with Gasteiger partial charge in [-0.15, -0.1) is 0 Å². The van der Waals surface area contributed by atoms with E-state index in [2.05, 4.69) is 0 Å². The molecule has 0 aliphatic carbocycles. The fraction of sp³-hybridized carbons (Fsp3) is 0.185. The predicted octanol–water partition coefficient (Wildman–Crippen LogP) is 5.34. The summed E-state index contributed by atoms with van der Waals surface area (Å²) in [6.45, 7) is -0.273. The molecule has 36 heavy (non-hydrogen) atoms. The summed E-state index contributed by atoms with van der Waals surface area (Å²) in [5.74, 6) is -1.69. The summed E-state index contributed by atoms with van der Waals surface area (Å²) in [5.41, 5.74) is -0.193. The molecule has 6 nitrogen and oxygen atoms in total. The highest BCUT2D eigenvalue weighted by Crippen LogP contribution is 2.42. The first-order valence-corrected chi connectivity index (χ1v) is 10.9. The second kappa shape index (κ2) is 9.77. The van der Waals surface area contributed by atoms with E-state index in [1.807, 2.05) is 0 Å². The van der Waals surface area contributed by atoms with Gasteiger partial charge >= 0.3 is 6.18 Å². The molecule has 3 aromatic carbocycles. The van der Waals surface area contributed by atoms with Crippen molar-refractivity contribution < 1.29 is 37.3 Å². The van der Waals surface area contributed by atoms with Crippen molar-refractivity contribution in [2.75, 3.05) is 14.2 Å². The Labute approximate surface area is 205 Å². The fourth-order valence-corrected chi connectivity index (χ4v) is 4.21. The number of carbonyl (C=O) groups is 2. The minimum absolute atomic E-state index is 0.163. The topological polar surface area (TPSA) is 76.1 Å². The summed E-state index contributed by atoms with van der Waals surface area (Å²) >= 11 is 0. The number of benzene rings is 3. The third kappa shape index (κ3) is 4.64. The number of halogens is 3. The normalized spacial score (nSPS) is 17.4. The van der Waals surface area contributed by atoms with Crippen molar-refractivity contribution in [1.82, 2.24) is 4.90 Å². The van der Waals surface area contributed by atoms with E-state index in [1.165, 1.54) is 38.5 Å². The molecule has 186 valence electrons. The minimum atomic E-state index is -4.56. The highest BCUT2D eigenvalue weighted by molar-refractivity contribution is 6.46. The molecule has 1 atom stereocenters. The number of aliphatic hydroxyl groups is 1. The van der Waals surface area contributed by atoms with Gasteiger partial charge in [0.25, 0.3) is 11.7 Å². The molecule has 4 rings (SSSR count). The van der Waals surface area contributed by atoms with E-state index < -0.39 is 35.2 Å². The average Bonchev–Trinajstić information content (AvgIpc) is 3.13. The van der Waals surface area contributed by atoms with Crippen molar-refractivity contribution in [1.29, 1.82) is 0 Å². The van der Waals surface area contributed by atoms with Gasteiger partial charge in [0.15, 0.2) is 0 Å². The summed E-state index contributed by atoms with van der Waals surface area (Å²) in [4.78, 5) is 27.5. The first-order valence-electron chi connectivity index (χ1n) is 10.9. The Morgan fingerprint density at radius 1 is 0.944 bits per heavy atom. The Balaban J connectivity index is 1.85. The van der Waals surface area contributed by atoms with Gasteiger partial charge in [-0.1, -0.05) is 42.5 Å². The molecule has 1 fully saturated rings. The standard InChI is InChI=1S/C27H22F3NO5/c1-35-19-11-12-20(21(14-19)36-2)24(32)22-23(17-8-4-3-5-9-17)31(26(34)25(22)33)15-16-7-6-10-18(13-16)27(28,29)30/h3-14,23,32H,15H2,1-2H3/b24-22-. The van der Waals surface area contributed by atoms with Gasteiger partial charge in [-0.25, -0.2) is 0 Å². The van der Waals surface area contributed by atoms with Gasteiger partial charge in [-0.2, -0.15) is 13.2 Å². The third-order valence-electron chi connectivity index (χ3n) is 5.93. The summed E-state index contributed by atoms with van der Waals surface area (Å²) in [5, 5.41) is 11.3. The number of alkyl halides is 3. The van der Waals surface area contributed by atoms with Crippen LogP contribution in [0, 0.1) is 0 Å². The largest absolute Gasteiger partial charge is 0.507 e. The molecule has 1 saturated heterocycles. The van der Waals surface area contributed by atoms with Gasteiger partial charge < -0.3 is 19.5 Å². The van der Waals surface area contributed by atoms with Crippen molar-refractivity contribution in [3.05, 3.63) is 101 Å². The molecular formula is C27H22F3NO5. The molecule has 1 aliphatic rings. The first-order chi connectivity index (χ1) is 17.2. The van der Waals surface area contributed by atoms with E-state index in [1.54, 1.807) is 36.4 Å². The second-order valence-corrected chi connectivity index (χ2v) is 8.10. The van der Waals surface area contributed by atoms with E-state index in [-0.39, 0.29) is 29.0 Å². The number of aliphatic hydroxyl groups excluding tert-OH is 1. The van der Waals surface area contributed by atoms with E-state index in [9.17, 15) is 27.9 Å². The Hall–Kier alpha value is -4.27. The van der Waals surface area contributed by atoms with Gasteiger partial charge in [0.05, 0.1) is 37.0 Å². The van der Waals surface area contributed by atoms with Crippen LogP contribution in [0.15, 0.2) is 78.4 Å². The van der Waals surface area contributed by atoms with Gasteiger partial charge in [0.1, 0.15) is 17.3 Å². The lowest BCUT2D eigenvalue weighted by Crippen LogP contribution is -2.29. The Kier molecular flexibility index (Phi) is 6.74. The van der Waals surface area contributed by atoms with Crippen LogP contribution >= 0.6 is 0 Å². The van der Waals surface area contributed by atoms with Crippen molar-refractivity contribution in [3.63, 3.8) is 0 Å². The molecule has 0 saturated carbocycles. The second-order valence-electron chi connectivity index (χ2n) is 8.10. The molecule has 3 aromatic rings. The molecule has 0 radical (unpaired) electrons. The number of hydrogen-bond donors (Lipinski definition) is 1. The number of hydrogen-bond acceptors (Lipinski definition) is 5. The monoisotopic (exact) mass is 497 g/mol. The lowest BCUT2D eigenvalue weighted by Gasteiger charge is -2.26. The van der Waals surface area contributed by atoms with Crippen LogP contribution in [-0.2, 0) is 22.3 Å². The maximum Gasteiger partial charge on any atom is 0.416 e. The van der Waals surface area contributed by atoms with Gasteiger partial charge in [0, 0.05) is 12.6 Å². The summed E-state index contributed by atoms with van der Waals surface area (Å²) in [7, 11) is 2.84. The molecule has 9 heteroatoms. The van der Waals surface area contributed by atoms with E-state index in [0.717, 1.165) is 17.0 Å². The van der Waals surface area contributed by atoms with Crippen LogP contribution in [0.1, 0.15) is 28.3 Å². The summed E-state index contributed by atoms with van der Waals surface area (Å²) < 4.78 is 50.3. The quantitative estimate of drug-likeness (QED) is 0.283. The molecular weight excluding hydrogens is 475 g/mol. The Bertz CT molecular complexity index is 1330. The lowest BCUT2D eigenvalue weighted by molar-refractivity contribution is -0.140. The number of ketones is 1. The van der Waals surface area contributed by atoms with Gasteiger partial charge in [-0.05, 0) is 35.4 Å². The zero-order valence-electron chi connectivity index (χ0n) is 19.4. The number of rotatable bonds is 6. The number of nitrogens with zero attached hydrogens (tertiary/aromatic N) is 1. The summed E-state index contributed by atoms with van der Waals surface area (Å²) in [6.07, 6.45) is -4.56. The molecule has 1 heterocycles. The lowest BCUT2D eigenvalue weighted by atomic mass is 9.95. The Morgan fingerprint density at radius 3 is 2.31 bits per heavy atom. The van der Waals surface area contributed by atoms with E-state index in [0.29, 0.717) is 11.3 Å². The van der Waals surface area contributed by atoms with E-state index >= 15 is 0 Å². The smallest absolute Gasteiger partial charge is 0.416 e. The molecule has 0 aromatic heterocycles. The van der Waals surface area contributed by atoms with E-state index in [4.69, 9.17) is 9.47 Å². The zero-order valence-corrected chi connectivity index (χ0v) is 19.4. The van der Waals surface area contributed by atoms with Crippen LogP contribution in [0.25, 0.3) is 5.76 Å². The zero-order chi connectivity index (χ0) is 26.0. The van der Waals surface area contributed by atoms with Crippen LogP contribution < -0.4 is 9.47 Å². The SMILES string of the molecule is COc1ccc(/C(O)=C2/C(=O)C(=O)N(Cc3cccc(C(F)(F)F)c3)C2c2ccccc2)c(OC)c1. The van der Waals surface area contributed by atoms with Crippen LogP contribution in [0.4, 0.5) is 13.2 Å². The number of amides is 1. The molecule has 1 N–H and O–H groups in total. The van der Waals surface area contributed by atoms with Crippen molar-refractivity contribution in [2.24, 2.45) is 0 Å². The number of likely N-dealkylation sites (tertiary alicyclic amines) is 1. The molecule has 0 bridgehead atoms. The van der Waals surface area contributed by atoms with Gasteiger partial charge in [0.2, 0.25) is 0 Å². The molecule has 1 amide bonds. The van der Waals surface area contributed by atoms with Gasteiger partial charge in [-0.3, -0.25) is 9.59 Å². The Morgan fingerprint density at radius 2 is 1.67 bits per heavy atom. The van der Waals surface area contributed by atoms with Crippen molar-refractivity contribution in [2.45, 2.75) is 18.8 Å². The van der Waals surface area contributed by atoms with Crippen LogP contribution in [0.3, 0.4) is 0 Å². The van der Waals surface area contributed by atoms with Crippen LogP contribution in [0.2, 0.25) is 0 Å². The predicted molar refractivity (Wildman–Crippen MR) is 125 cm³/mol. The minimum Gasteiger partial charge on any atom is -0.507 e. The highest BCUT2D eigenvalue weighted by Gasteiger charge is 2.46. The molecule has 0 spiro atoms. The molecule has 1 unspecified atom stereocenters. The molecule has 1 aliphatic heterocycles. The number of methoxy groups -OCH3 is 2. The first kappa shape index (κ1) is 24.8. The van der Waals surface area contributed by atoms with Crippen molar-refractivity contribution >= 4 is 17.4 Å². The van der Waals surface area contributed by atoms with Crippen molar-refractivity contribution in [3.8, 4) is 11.5 Å². The number of carbonyl (C=O) groups excluding carboxylic acids is 2. The summed E-state index contributed by atoms with van der Waals surface area (Å²) in [6, 6.07) is 16.6. The maximum atomic E-state index is 13.2. The number of ether oxygens (including phenoxy) is 2. The van der Waals surface area contributed by atoms with Crippen LogP contribution in [-0.4, -0.2) is 35.9 Å². The number of Topliss-reactive ketones (excluding diaryl/α,β-unsaturated/α-hetero) is 1. The fourth-order valence-electron chi connectivity index (χ4n) is 4.21.